The summed E-state index contributed by atoms with van der Waals surface area (Å²) in [4.78, 5) is 26.3. The summed E-state index contributed by atoms with van der Waals surface area (Å²) in [6, 6.07) is -0.531. The molecule has 0 aromatic rings. The zero-order chi connectivity index (χ0) is 13.1. The molecule has 1 aliphatic heterocycles. The van der Waals surface area contributed by atoms with Crippen molar-refractivity contribution >= 4 is 11.8 Å². The Labute approximate surface area is 109 Å². The first-order valence-electron chi connectivity index (χ1n) is 7.28. The second-order valence-corrected chi connectivity index (χ2v) is 5.56. The van der Waals surface area contributed by atoms with E-state index in [1.54, 1.807) is 0 Å². The monoisotopic (exact) mass is 252 g/mol. The van der Waals surface area contributed by atoms with Crippen molar-refractivity contribution in [2.45, 2.75) is 64.5 Å². The Hall–Kier alpha value is -1.06. The highest BCUT2D eigenvalue weighted by atomic mass is 16.2. The van der Waals surface area contributed by atoms with Gasteiger partial charge in [-0.15, -0.1) is 0 Å². The SMILES string of the molecule is CCCC1NC(=O)C(CC)N(CC2CCC2)C1=O. The molecule has 4 heteroatoms. The molecule has 1 saturated heterocycles. The highest BCUT2D eigenvalue weighted by Gasteiger charge is 2.40. The third kappa shape index (κ3) is 2.52. The van der Waals surface area contributed by atoms with Crippen molar-refractivity contribution in [1.29, 1.82) is 0 Å². The van der Waals surface area contributed by atoms with Gasteiger partial charge in [0.15, 0.2) is 0 Å². The van der Waals surface area contributed by atoms with E-state index in [0.717, 1.165) is 19.4 Å². The highest BCUT2D eigenvalue weighted by Crippen LogP contribution is 2.29. The zero-order valence-corrected chi connectivity index (χ0v) is 11.4. The Morgan fingerprint density at radius 2 is 2.00 bits per heavy atom. The number of nitrogens with zero attached hydrogens (tertiary/aromatic N) is 1. The maximum atomic E-state index is 12.4. The van der Waals surface area contributed by atoms with Crippen LogP contribution >= 0.6 is 0 Å². The van der Waals surface area contributed by atoms with Gasteiger partial charge in [-0.25, -0.2) is 0 Å². The molecule has 0 aromatic carbocycles. The lowest BCUT2D eigenvalue weighted by Gasteiger charge is -2.42. The Morgan fingerprint density at radius 3 is 2.50 bits per heavy atom. The molecule has 1 heterocycles. The summed E-state index contributed by atoms with van der Waals surface area (Å²) in [6.07, 6.45) is 6.07. The van der Waals surface area contributed by atoms with Crippen molar-refractivity contribution in [3.05, 3.63) is 0 Å². The predicted octanol–water partition coefficient (Wildman–Crippen LogP) is 1.69. The maximum Gasteiger partial charge on any atom is 0.245 e. The van der Waals surface area contributed by atoms with Crippen molar-refractivity contribution in [2.75, 3.05) is 6.54 Å². The van der Waals surface area contributed by atoms with Crippen LogP contribution in [0.4, 0.5) is 0 Å². The fraction of sp³-hybridized carbons (Fsp3) is 0.857. The van der Waals surface area contributed by atoms with Gasteiger partial charge in [0.2, 0.25) is 11.8 Å². The molecule has 1 saturated carbocycles. The molecule has 102 valence electrons. The lowest BCUT2D eigenvalue weighted by molar-refractivity contribution is -0.150. The first kappa shape index (κ1) is 13.4. The van der Waals surface area contributed by atoms with Crippen molar-refractivity contribution in [3.63, 3.8) is 0 Å². The van der Waals surface area contributed by atoms with Gasteiger partial charge in [0.25, 0.3) is 0 Å². The summed E-state index contributed by atoms with van der Waals surface area (Å²) in [6.45, 7) is 4.80. The Kier molecular flexibility index (Phi) is 4.25. The molecule has 2 aliphatic rings. The van der Waals surface area contributed by atoms with Gasteiger partial charge in [0.05, 0.1) is 0 Å². The van der Waals surface area contributed by atoms with Crippen molar-refractivity contribution in [2.24, 2.45) is 5.92 Å². The van der Waals surface area contributed by atoms with E-state index in [4.69, 9.17) is 0 Å². The van der Waals surface area contributed by atoms with Crippen molar-refractivity contribution in [1.82, 2.24) is 10.2 Å². The van der Waals surface area contributed by atoms with Gasteiger partial charge in [-0.1, -0.05) is 26.7 Å². The van der Waals surface area contributed by atoms with E-state index in [0.29, 0.717) is 12.3 Å². The number of hydrogen-bond acceptors (Lipinski definition) is 2. The first-order valence-corrected chi connectivity index (χ1v) is 7.28. The predicted molar refractivity (Wildman–Crippen MR) is 70.0 cm³/mol. The molecule has 4 nitrogen and oxygen atoms in total. The molecule has 18 heavy (non-hydrogen) atoms. The topological polar surface area (TPSA) is 49.4 Å². The lowest BCUT2D eigenvalue weighted by Crippen LogP contribution is -2.64. The van der Waals surface area contributed by atoms with Gasteiger partial charge in [0.1, 0.15) is 12.1 Å². The van der Waals surface area contributed by atoms with Gasteiger partial charge < -0.3 is 10.2 Å². The Morgan fingerprint density at radius 1 is 1.28 bits per heavy atom. The molecule has 2 amide bonds. The van der Waals surface area contributed by atoms with Crippen molar-refractivity contribution in [3.8, 4) is 0 Å². The molecule has 0 aromatic heterocycles. The summed E-state index contributed by atoms with van der Waals surface area (Å²) < 4.78 is 0. The number of nitrogens with one attached hydrogen (secondary N) is 1. The molecular formula is C14H24N2O2. The Bertz CT molecular complexity index is 326. The van der Waals surface area contributed by atoms with E-state index in [-0.39, 0.29) is 23.9 Å². The maximum absolute atomic E-state index is 12.4. The third-order valence-corrected chi connectivity index (χ3v) is 4.22. The van der Waals surface area contributed by atoms with Crippen LogP contribution in [0.15, 0.2) is 0 Å². The van der Waals surface area contributed by atoms with Crippen LogP contribution in [0.5, 0.6) is 0 Å². The van der Waals surface area contributed by atoms with E-state index in [1.165, 1.54) is 19.3 Å². The fourth-order valence-electron chi connectivity index (χ4n) is 2.89. The average molecular weight is 252 g/mol. The van der Waals surface area contributed by atoms with E-state index in [9.17, 15) is 9.59 Å². The Balaban J connectivity index is 2.07. The van der Waals surface area contributed by atoms with Crippen LogP contribution in [0.1, 0.15) is 52.4 Å². The van der Waals surface area contributed by atoms with Crippen LogP contribution in [0.2, 0.25) is 0 Å². The van der Waals surface area contributed by atoms with Crippen LogP contribution in [0, 0.1) is 5.92 Å². The summed E-state index contributed by atoms with van der Waals surface area (Å²) in [5.41, 5.74) is 0. The standard InChI is InChI=1S/C14H24N2O2/c1-3-6-11-14(18)16(9-10-7-5-8-10)12(4-2)13(17)15-11/h10-12H,3-9H2,1-2H3,(H,15,17). The van der Waals surface area contributed by atoms with Crippen LogP contribution < -0.4 is 5.32 Å². The fourth-order valence-corrected chi connectivity index (χ4v) is 2.89. The minimum atomic E-state index is -0.287. The third-order valence-electron chi connectivity index (χ3n) is 4.22. The molecular weight excluding hydrogens is 228 g/mol. The smallest absolute Gasteiger partial charge is 0.245 e. The van der Waals surface area contributed by atoms with Crippen LogP contribution in [0.3, 0.4) is 0 Å². The van der Waals surface area contributed by atoms with Gasteiger partial charge in [-0.2, -0.15) is 0 Å². The summed E-state index contributed by atoms with van der Waals surface area (Å²) in [7, 11) is 0. The number of rotatable bonds is 5. The van der Waals surface area contributed by atoms with E-state index in [2.05, 4.69) is 5.32 Å². The van der Waals surface area contributed by atoms with E-state index < -0.39 is 0 Å². The highest BCUT2D eigenvalue weighted by molar-refractivity contribution is 5.96. The minimum Gasteiger partial charge on any atom is -0.343 e. The average Bonchev–Trinajstić information content (AvgIpc) is 2.29. The first-order chi connectivity index (χ1) is 8.67. The van der Waals surface area contributed by atoms with Crippen molar-refractivity contribution < 1.29 is 9.59 Å². The largest absolute Gasteiger partial charge is 0.343 e. The lowest BCUT2D eigenvalue weighted by atomic mass is 9.84. The second-order valence-electron chi connectivity index (χ2n) is 5.56. The van der Waals surface area contributed by atoms with Gasteiger partial charge in [-0.05, 0) is 31.6 Å². The summed E-state index contributed by atoms with van der Waals surface area (Å²) >= 11 is 0. The molecule has 1 N–H and O–H groups in total. The van der Waals surface area contributed by atoms with Crippen LogP contribution in [-0.4, -0.2) is 35.3 Å². The molecule has 1 aliphatic carbocycles. The number of piperazine rings is 1. The molecule has 0 bridgehead atoms. The van der Waals surface area contributed by atoms with Crippen LogP contribution in [0.25, 0.3) is 0 Å². The molecule has 0 spiro atoms. The van der Waals surface area contributed by atoms with Crippen LogP contribution in [-0.2, 0) is 9.59 Å². The number of carbonyl (C=O) groups is 2. The van der Waals surface area contributed by atoms with E-state index >= 15 is 0 Å². The zero-order valence-electron chi connectivity index (χ0n) is 11.4. The number of carbonyl (C=O) groups excluding carboxylic acids is 2. The minimum absolute atomic E-state index is 0.0369. The molecule has 2 fully saturated rings. The normalized spacial score (nSPS) is 29.1. The number of amides is 2. The molecule has 0 radical (unpaired) electrons. The molecule has 2 unspecified atom stereocenters. The van der Waals surface area contributed by atoms with Gasteiger partial charge in [-0.3, -0.25) is 9.59 Å². The summed E-state index contributed by atoms with van der Waals surface area (Å²) in [5.74, 6) is 0.793. The number of hydrogen-bond donors (Lipinski definition) is 1. The van der Waals surface area contributed by atoms with Gasteiger partial charge in [0, 0.05) is 6.54 Å². The van der Waals surface area contributed by atoms with E-state index in [1.807, 2.05) is 18.7 Å². The summed E-state index contributed by atoms with van der Waals surface area (Å²) in [5, 5.41) is 2.88. The van der Waals surface area contributed by atoms with Gasteiger partial charge >= 0.3 is 0 Å². The quantitative estimate of drug-likeness (QED) is 0.809. The molecule has 2 atom stereocenters. The molecule has 2 rings (SSSR count). The second kappa shape index (κ2) is 5.72.